The van der Waals surface area contributed by atoms with Gasteiger partial charge in [0.05, 0.1) is 11.6 Å². The molecule has 0 spiro atoms. The largest absolute Gasteiger partial charge is 0.381 e. The van der Waals surface area contributed by atoms with E-state index < -0.39 is 0 Å². The van der Waals surface area contributed by atoms with Gasteiger partial charge in [-0.05, 0) is 37.0 Å². The molecule has 0 aliphatic carbocycles. The molecule has 0 radical (unpaired) electrons. The first-order valence-corrected chi connectivity index (χ1v) is 6.18. The minimum absolute atomic E-state index is 0.358. The summed E-state index contributed by atoms with van der Waals surface area (Å²) in [5.74, 6) is 0.223. The summed E-state index contributed by atoms with van der Waals surface area (Å²) in [5.41, 5.74) is 1.13. The van der Waals surface area contributed by atoms with Crippen LogP contribution < -0.4 is 4.90 Å². The summed E-state index contributed by atoms with van der Waals surface area (Å²) >= 11 is 0. The normalized spacial score (nSPS) is 16.3. The Balaban J connectivity index is 2.05. The summed E-state index contributed by atoms with van der Waals surface area (Å²) in [6.07, 6.45) is 2.09. The standard InChI is InChI=1S/C14H17FN2O/c1-17(10-11-2-4-18-5-3-11)14-7-12(9-16)6-13(15)8-14/h6-8,11H,2-5,10H2,1H3. The van der Waals surface area contributed by atoms with Crippen molar-refractivity contribution >= 4 is 5.69 Å². The van der Waals surface area contributed by atoms with Crippen molar-refractivity contribution in [1.29, 1.82) is 5.26 Å². The number of rotatable bonds is 3. The maximum absolute atomic E-state index is 13.4. The quantitative estimate of drug-likeness (QED) is 0.824. The molecule has 0 atom stereocenters. The molecule has 0 saturated carbocycles. The van der Waals surface area contributed by atoms with E-state index in [9.17, 15) is 4.39 Å². The fourth-order valence-electron chi connectivity index (χ4n) is 2.28. The third-order valence-corrected chi connectivity index (χ3v) is 3.33. The van der Waals surface area contributed by atoms with Gasteiger partial charge in [-0.1, -0.05) is 0 Å². The Bertz CT molecular complexity index is 450. The summed E-state index contributed by atoms with van der Waals surface area (Å²) in [6.45, 7) is 2.49. The number of ether oxygens (including phenoxy) is 1. The molecule has 1 heterocycles. The SMILES string of the molecule is CN(CC1CCOCC1)c1cc(F)cc(C#N)c1. The number of halogens is 1. The topological polar surface area (TPSA) is 36.3 Å². The van der Waals surface area contributed by atoms with Crippen LogP contribution in [0.3, 0.4) is 0 Å². The molecule has 0 aromatic heterocycles. The van der Waals surface area contributed by atoms with Gasteiger partial charge in [0.1, 0.15) is 5.82 Å². The lowest BCUT2D eigenvalue weighted by Crippen LogP contribution is -2.29. The number of hydrogen-bond acceptors (Lipinski definition) is 3. The lowest BCUT2D eigenvalue weighted by Gasteiger charge is -2.28. The first-order valence-electron chi connectivity index (χ1n) is 6.18. The van der Waals surface area contributed by atoms with E-state index in [1.807, 2.05) is 18.0 Å². The van der Waals surface area contributed by atoms with Crippen molar-refractivity contribution in [2.45, 2.75) is 12.8 Å². The summed E-state index contributed by atoms with van der Waals surface area (Å²) in [5, 5.41) is 8.84. The third-order valence-electron chi connectivity index (χ3n) is 3.33. The molecule has 96 valence electrons. The van der Waals surface area contributed by atoms with Crippen LogP contribution in [0.15, 0.2) is 18.2 Å². The number of nitriles is 1. The summed E-state index contributed by atoms with van der Waals surface area (Å²) in [4.78, 5) is 2.01. The summed E-state index contributed by atoms with van der Waals surface area (Å²) < 4.78 is 18.7. The zero-order valence-electron chi connectivity index (χ0n) is 10.5. The first-order chi connectivity index (χ1) is 8.69. The Morgan fingerprint density at radius 2 is 2.11 bits per heavy atom. The smallest absolute Gasteiger partial charge is 0.126 e. The molecule has 0 bridgehead atoms. The van der Waals surface area contributed by atoms with Gasteiger partial charge in [-0.25, -0.2) is 4.39 Å². The average molecular weight is 248 g/mol. The second-order valence-electron chi connectivity index (χ2n) is 4.75. The van der Waals surface area contributed by atoms with Gasteiger partial charge in [0, 0.05) is 32.5 Å². The highest BCUT2D eigenvalue weighted by Gasteiger charge is 2.16. The van der Waals surface area contributed by atoms with E-state index in [2.05, 4.69) is 0 Å². The van der Waals surface area contributed by atoms with Gasteiger partial charge >= 0.3 is 0 Å². The predicted octanol–water partition coefficient (Wildman–Crippen LogP) is 2.56. The molecule has 0 unspecified atom stereocenters. The van der Waals surface area contributed by atoms with Crippen LogP contribution in [0.4, 0.5) is 10.1 Å². The van der Waals surface area contributed by atoms with Crippen molar-refractivity contribution < 1.29 is 9.13 Å². The maximum atomic E-state index is 13.4. The van der Waals surface area contributed by atoms with Gasteiger partial charge in [0.25, 0.3) is 0 Å². The average Bonchev–Trinajstić information content (AvgIpc) is 2.39. The molecule has 4 heteroatoms. The zero-order valence-corrected chi connectivity index (χ0v) is 10.5. The van der Waals surface area contributed by atoms with Crippen molar-refractivity contribution in [1.82, 2.24) is 0 Å². The molecule has 2 rings (SSSR count). The van der Waals surface area contributed by atoms with Crippen LogP contribution in [0.5, 0.6) is 0 Å². The van der Waals surface area contributed by atoms with Gasteiger partial charge in [-0.2, -0.15) is 5.26 Å². The highest BCUT2D eigenvalue weighted by molar-refractivity contribution is 5.51. The lowest BCUT2D eigenvalue weighted by atomic mass is 9.99. The second kappa shape index (κ2) is 5.83. The lowest BCUT2D eigenvalue weighted by molar-refractivity contribution is 0.0685. The molecule has 1 aliphatic heterocycles. The number of hydrogen-bond donors (Lipinski definition) is 0. The van der Waals surface area contributed by atoms with Crippen molar-refractivity contribution in [3.8, 4) is 6.07 Å². The molecule has 0 amide bonds. The minimum Gasteiger partial charge on any atom is -0.381 e. The van der Waals surface area contributed by atoms with Crippen LogP contribution in [0.25, 0.3) is 0 Å². The van der Waals surface area contributed by atoms with E-state index in [4.69, 9.17) is 10.00 Å². The Morgan fingerprint density at radius 1 is 1.39 bits per heavy atom. The monoisotopic (exact) mass is 248 g/mol. The van der Waals surface area contributed by atoms with Gasteiger partial charge in [-0.3, -0.25) is 0 Å². The second-order valence-corrected chi connectivity index (χ2v) is 4.75. The maximum Gasteiger partial charge on any atom is 0.126 e. The third kappa shape index (κ3) is 3.21. The van der Waals surface area contributed by atoms with Crippen LogP contribution in [0.1, 0.15) is 18.4 Å². The van der Waals surface area contributed by atoms with Crippen molar-refractivity contribution in [2.75, 3.05) is 31.7 Å². The fraction of sp³-hybridized carbons (Fsp3) is 0.500. The van der Waals surface area contributed by atoms with Crippen LogP contribution in [-0.2, 0) is 4.74 Å². The van der Waals surface area contributed by atoms with Gasteiger partial charge < -0.3 is 9.64 Å². The van der Waals surface area contributed by atoms with E-state index >= 15 is 0 Å². The van der Waals surface area contributed by atoms with Crippen molar-refractivity contribution in [3.05, 3.63) is 29.6 Å². The van der Waals surface area contributed by atoms with Crippen LogP contribution in [0, 0.1) is 23.1 Å². The highest BCUT2D eigenvalue weighted by Crippen LogP contribution is 2.21. The fourth-order valence-corrected chi connectivity index (χ4v) is 2.28. The van der Waals surface area contributed by atoms with Crippen LogP contribution in [0.2, 0.25) is 0 Å². The molecule has 1 saturated heterocycles. The van der Waals surface area contributed by atoms with Crippen LogP contribution in [-0.4, -0.2) is 26.8 Å². The Kier molecular flexibility index (Phi) is 4.16. The van der Waals surface area contributed by atoms with Crippen molar-refractivity contribution in [3.63, 3.8) is 0 Å². The molecule has 1 aromatic carbocycles. The highest BCUT2D eigenvalue weighted by atomic mass is 19.1. The Hall–Kier alpha value is -1.60. The molecule has 1 fully saturated rings. The van der Waals surface area contributed by atoms with E-state index in [0.717, 1.165) is 38.3 Å². The molecule has 3 nitrogen and oxygen atoms in total. The van der Waals surface area contributed by atoms with E-state index in [-0.39, 0.29) is 5.82 Å². The van der Waals surface area contributed by atoms with Gasteiger partial charge in [0.2, 0.25) is 0 Å². The minimum atomic E-state index is -0.358. The van der Waals surface area contributed by atoms with E-state index in [1.54, 1.807) is 6.07 Å². The molecule has 1 aliphatic rings. The molecular weight excluding hydrogens is 231 g/mol. The van der Waals surface area contributed by atoms with Crippen molar-refractivity contribution in [2.24, 2.45) is 5.92 Å². The van der Waals surface area contributed by atoms with Gasteiger partial charge in [0.15, 0.2) is 0 Å². The predicted molar refractivity (Wildman–Crippen MR) is 67.9 cm³/mol. The first kappa shape index (κ1) is 12.8. The Labute approximate surface area is 107 Å². The summed E-state index contributed by atoms with van der Waals surface area (Å²) in [6, 6.07) is 6.43. The zero-order chi connectivity index (χ0) is 13.0. The number of nitrogens with zero attached hydrogens (tertiary/aromatic N) is 2. The summed E-state index contributed by atoms with van der Waals surface area (Å²) in [7, 11) is 1.94. The van der Waals surface area contributed by atoms with E-state index in [1.165, 1.54) is 12.1 Å². The molecule has 1 aromatic rings. The number of benzene rings is 1. The molecule has 18 heavy (non-hydrogen) atoms. The molecule has 0 N–H and O–H groups in total. The number of anilines is 1. The van der Waals surface area contributed by atoms with Crippen LogP contribution >= 0.6 is 0 Å². The molecular formula is C14H17FN2O. The Morgan fingerprint density at radius 3 is 2.78 bits per heavy atom. The van der Waals surface area contributed by atoms with E-state index in [0.29, 0.717) is 11.5 Å². The van der Waals surface area contributed by atoms with Gasteiger partial charge in [-0.15, -0.1) is 0 Å².